The molecule has 2 N–H and O–H groups in total. The van der Waals surface area contributed by atoms with E-state index in [1.54, 1.807) is 18.2 Å². The van der Waals surface area contributed by atoms with Crippen molar-refractivity contribution in [3.05, 3.63) is 39.6 Å². The van der Waals surface area contributed by atoms with Gasteiger partial charge in [-0.25, -0.2) is 9.78 Å². The molecule has 16 heavy (non-hydrogen) atoms. The highest BCUT2D eigenvalue weighted by molar-refractivity contribution is 9.10. The molecule has 0 aliphatic carbocycles. The molecule has 6 heteroatoms. The number of aromatic amines is 1. The van der Waals surface area contributed by atoms with Crippen molar-refractivity contribution < 1.29 is 9.90 Å². The van der Waals surface area contributed by atoms with Gasteiger partial charge in [0.15, 0.2) is 0 Å². The number of rotatable bonds is 2. The molecule has 0 unspecified atom stereocenters. The fourth-order valence-electron chi connectivity index (χ4n) is 1.25. The number of carboxylic acid groups (broad SMARTS) is 1. The van der Waals surface area contributed by atoms with Crippen LogP contribution in [-0.2, 0) is 0 Å². The number of aromatic carboxylic acids is 1. The maximum absolute atomic E-state index is 10.7. The smallest absolute Gasteiger partial charge is 0.353 e. The second-order valence-corrected chi connectivity index (χ2v) is 4.40. The third-order valence-corrected chi connectivity index (χ3v) is 2.81. The third kappa shape index (κ3) is 2.10. The Morgan fingerprint density at radius 3 is 2.88 bits per heavy atom. The highest BCUT2D eigenvalue weighted by Gasteiger charge is 2.11. The van der Waals surface area contributed by atoms with E-state index in [4.69, 9.17) is 16.7 Å². The topological polar surface area (TPSA) is 66.0 Å². The summed E-state index contributed by atoms with van der Waals surface area (Å²) in [6, 6.07) is 5.28. The van der Waals surface area contributed by atoms with Crippen molar-refractivity contribution in [2.45, 2.75) is 0 Å². The van der Waals surface area contributed by atoms with Gasteiger partial charge in [-0.1, -0.05) is 27.5 Å². The zero-order valence-corrected chi connectivity index (χ0v) is 10.2. The van der Waals surface area contributed by atoms with Crippen molar-refractivity contribution in [3.63, 3.8) is 0 Å². The van der Waals surface area contributed by atoms with Crippen molar-refractivity contribution in [1.82, 2.24) is 9.97 Å². The molecule has 4 nitrogen and oxygen atoms in total. The summed E-state index contributed by atoms with van der Waals surface area (Å²) in [5, 5.41) is 9.26. The highest BCUT2D eigenvalue weighted by Crippen LogP contribution is 2.28. The molecule has 82 valence electrons. The number of aromatic nitrogens is 2. The minimum Gasteiger partial charge on any atom is -0.477 e. The van der Waals surface area contributed by atoms with Crippen molar-refractivity contribution in [2.75, 3.05) is 0 Å². The lowest BCUT2D eigenvalue weighted by atomic mass is 10.2. The molecule has 0 spiro atoms. The Morgan fingerprint density at radius 1 is 1.50 bits per heavy atom. The van der Waals surface area contributed by atoms with Gasteiger partial charge in [0.1, 0.15) is 11.5 Å². The number of carbonyl (C=O) groups is 1. The van der Waals surface area contributed by atoms with E-state index in [0.29, 0.717) is 16.4 Å². The molecule has 0 amide bonds. The molecular formula is C10H6BrClN2O2. The summed E-state index contributed by atoms with van der Waals surface area (Å²) in [7, 11) is 0. The molecule has 2 rings (SSSR count). The first-order valence-electron chi connectivity index (χ1n) is 4.31. The van der Waals surface area contributed by atoms with Crippen LogP contribution in [0, 0.1) is 0 Å². The Kier molecular flexibility index (Phi) is 2.98. The van der Waals surface area contributed by atoms with Crippen LogP contribution in [0.2, 0.25) is 5.02 Å². The minimum absolute atomic E-state index is 0.0334. The van der Waals surface area contributed by atoms with Gasteiger partial charge in [0.2, 0.25) is 0 Å². The molecule has 0 aliphatic rings. The molecule has 2 aromatic rings. The standard InChI is InChI=1S/C10H6BrClN2O2/c11-5-1-2-7(12)6(3-5)9-13-4-8(14-9)10(15)16/h1-4H,(H,13,14)(H,15,16). The van der Waals surface area contributed by atoms with Crippen LogP contribution >= 0.6 is 27.5 Å². The lowest BCUT2D eigenvalue weighted by molar-refractivity contribution is 0.0691. The number of imidazole rings is 1. The Bertz CT molecular complexity index is 554. The molecule has 0 aliphatic heterocycles. The van der Waals surface area contributed by atoms with Crippen LogP contribution in [0.1, 0.15) is 10.5 Å². The molecule has 1 aromatic carbocycles. The number of benzene rings is 1. The zero-order valence-electron chi connectivity index (χ0n) is 7.87. The van der Waals surface area contributed by atoms with Crippen molar-refractivity contribution >= 4 is 33.5 Å². The van der Waals surface area contributed by atoms with Crippen LogP contribution in [0.5, 0.6) is 0 Å². The van der Waals surface area contributed by atoms with Gasteiger partial charge in [-0.05, 0) is 18.2 Å². The van der Waals surface area contributed by atoms with E-state index >= 15 is 0 Å². The second-order valence-electron chi connectivity index (χ2n) is 3.07. The summed E-state index contributed by atoms with van der Waals surface area (Å²) < 4.78 is 0.847. The van der Waals surface area contributed by atoms with E-state index in [0.717, 1.165) is 4.47 Å². The quantitative estimate of drug-likeness (QED) is 0.895. The van der Waals surface area contributed by atoms with Crippen LogP contribution in [0.25, 0.3) is 11.4 Å². The van der Waals surface area contributed by atoms with Crippen LogP contribution in [0.15, 0.2) is 28.9 Å². The van der Waals surface area contributed by atoms with Crippen molar-refractivity contribution in [2.24, 2.45) is 0 Å². The van der Waals surface area contributed by atoms with Gasteiger partial charge in [0.05, 0.1) is 11.2 Å². The van der Waals surface area contributed by atoms with Crippen LogP contribution < -0.4 is 0 Å². The first-order valence-corrected chi connectivity index (χ1v) is 5.49. The number of hydrogen-bond acceptors (Lipinski definition) is 2. The molecule has 1 aromatic heterocycles. The fourth-order valence-corrected chi connectivity index (χ4v) is 1.81. The Hall–Kier alpha value is -1.33. The predicted molar refractivity (Wildman–Crippen MR) is 63.7 cm³/mol. The molecule has 0 radical (unpaired) electrons. The number of H-pyrrole nitrogens is 1. The maximum Gasteiger partial charge on any atom is 0.353 e. The zero-order chi connectivity index (χ0) is 11.7. The Morgan fingerprint density at radius 2 is 2.25 bits per heavy atom. The molecule has 0 saturated carbocycles. The van der Waals surface area contributed by atoms with Gasteiger partial charge in [0.25, 0.3) is 0 Å². The molecule has 0 saturated heterocycles. The van der Waals surface area contributed by atoms with Gasteiger partial charge >= 0.3 is 5.97 Å². The third-order valence-electron chi connectivity index (χ3n) is 1.99. The van der Waals surface area contributed by atoms with Crippen molar-refractivity contribution in [3.8, 4) is 11.4 Å². The van der Waals surface area contributed by atoms with Gasteiger partial charge in [-0.15, -0.1) is 0 Å². The first-order chi connectivity index (χ1) is 7.58. The number of carboxylic acids is 1. The summed E-state index contributed by atoms with van der Waals surface area (Å²) >= 11 is 9.30. The number of halogens is 2. The van der Waals surface area contributed by atoms with E-state index in [-0.39, 0.29) is 5.69 Å². The molecule has 1 heterocycles. The molecule has 0 fully saturated rings. The monoisotopic (exact) mass is 300 g/mol. The summed E-state index contributed by atoms with van der Waals surface area (Å²) in [5.41, 5.74) is 0.689. The lowest BCUT2D eigenvalue weighted by Gasteiger charge is -2.00. The lowest BCUT2D eigenvalue weighted by Crippen LogP contribution is -1.95. The summed E-state index contributed by atoms with van der Waals surface area (Å²) in [5.74, 6) is -0.617. The number of nitrogens with zero attached hydrogens (tertiary/aromatic N) is 1. The molecule has 0 atom stereocenters. The normalized spacial score (nSPS) is 10.4. The van der Waals surface area contributed by atoms with E-state index in [1.165, 1.54) is 6.20 Å². The Balaban J connectivity index is 2.50. The van der Waals surface area contributed by atoms with E-state index in [1.807, 2.05) is 0 Å². The number of nitrogens with one attached hydrogen (secondary N) is 1. The second kappa shape index (κ2) is 4.27. The van der Waals surface area contributed by atoms with E-state index in [2.05, 4.69) is 25.9 Å². The Labute approximate surface area is 104 Å². The van der Waals surface area contributed by atoms with E-state index in [9.17, 15) is 4.79 Å². The van der Waals surface area contributed by atoms with E-state index < -0.39 is 5.97 Å². The largest absolute Gasteiger partial charge is 0.477 e. The van der Waals surface area contributed by atoms with Gasteiger partial charge < -0.3 is 10.1 Å². The summed E-state index contributed by atoms with van der Waals surface area (Å²) in [6.45, 7) is 0. The van der Waals surface area contributed by atoms with Crippen molar-refractivity contribution in [1.29, 1.82) is 0 Å². The number of hydrogen-bond donors (Lipinski definition) is 2. The minimum atomic E-state index is -1.05. The average Bonchev–Trinajstić information content (AvgIpc) is 2.70. The SMILES string of the molecule is O=C(O)c1cnc(-c2cc(Br)ccc2Cl)[nH]1. The molecular weight excluding hydrogens is 295 g/mol. The summed E-state index contributed by atoms with van der Waals surface area (Å²) in [4.78, 5) is 17.3. The highest BCUT2D eigenvalue weighted by atomic mass is 79.9. The first kappa shape index (κ1) is 11.2. The van der Waals surface area contributed by atoms with Gasteiger partial charge in [0, 0.05) is 10.0 Å². The molecule has 0 bridgehead atoms. The fraction of sp³-hybridized carbons (Fsp3) is 0. The maximum atomic E-state index is 10.7. The van der Waals surface area contributed by atoms with Crippen LogP contribution in [-0.4, -0.2) is 21.0 Å². The van der Waals surface area contributed by atoms with Crippen LogP contribution in [0.4, 0.5) is 0 Å². The average molecular weight is 302 g/mol. The van der Waals surface area contributed by atoms with Crippen LogP contribution in [0.3, 0.4) is 0 Å². The van der Waals surface area contributed by atoms with Gasteiger partial charge in [-0.2, -0.15) is 0 Å². The predicted octanol–water partition coefficient (Wildman–Crippen LogP) is 3.19. The van der Waals surface area contributed by atoms with Gasteiger partial charge in [-0.3, -0.25) is 0 Å². The summed E-state index contributed by atoms with van der Waals surface area (Å²) in [6.07, 6.45) is 1.26.